The molecule has 0 bridgehead atoms. The van der Waals surface area contributed by atoms with Gasteiger partial charge in [0, 0.05) is 0 Å². The molecule has 0 saturated carbocycles. The first-order chi connectivity index (χ1) is 8.16. The molecule has 1 aliphatic heterocycles. The lowest BCUT2D eigenvalue weighted by Gasteiger charge is -2.18. The van der Waals surface area contributed by atoms with Gasteiger partial charge < -0.3 is 4.98 Å². The second kappa shape index (κ2) is 3.59. The lowest BCUT2D eigenvalue weighted by Crippen LogP contribution is -2.33. The number of hydrogen-bond acceptors (Lipinski definition) is 5. The summed E-state index contributed by atoms with van der Waals surface area (Å²) < 4.78 is 0. The highest BCUT2D eigenvalue weighted by Crippen LogP contribution is 2.27. The summed E-state index contributed by atoms with van der Waals surface area (Å²) >= 11 is 1.51. The number of aromatic nitrogens is 4. The largest absolute Gasteiger partial charge is 0.339 e. The lowest BCUT2D eigenvalue weighted by molar-refractivity contribution is -0.115. The molecule has 2 aromatic heterocycles. The number of fused-ring (bicyclic) bond motifs is 1. The maximum absolute atomic E-state index is 11.7. The highest BCUT2D eigenvalue weighted by Gasteiger charge is 2.31. The molecule has 1 aliphatic rings. The standard InChI is InChI=1S/C9H9N5O2S/c1-4-14(5(15)2-17-4)9-12-7-6(8(16)13-9)10-3-11-7/h3-4H,2H2,1H3,(H2,10,11,12,13,16). The van der Waals surface area contributed by atoms with Crippen molar-refractivity contribution in [2.24, 2.45) is 0 Å². The molecule has 3 rings (SSSR count). The smallest absolute Gasteiger partial charge is 0.278 e. The summed E-state index contributed by atoms with van der Waals surface area (Å²) in [5.41, 5.74) is 0.320. The van der Waals surface area contributed by atoms with E-state index in [0.717, 1.165) is 0 Å². The van der Waals surface area contributed by atoms with Crippen molar-refractivity contribution in [3.63, 3.8) is 0 Å². The fourth-order valence-electron chi connectivity index (χ4n) is 1.77. The monoisotopic (exact) mass is 251 g/mol. The summed E-state index contributed by atoms with van der Waals surface area (Å²) in [6.07, 6.45) is 1.40. The molecule has 0 aromatic carbocycles. The Hall–Kier alpha value is -1.83. The maximum Gasteiger partial charge on any atom is 0.278 e. The average molecular weight is 251 g/mol. The van der Waals surface area contributed by atoms with Crippen LogP contribution in [0.3, 0.4) is 0 Å². The number of H-pyrrole nitrogens is 2. The van der Waals surface area contributed by atoms with Crippen molar-refractivity contribution in [3.05, 3.63) is 16.7 Å². The van der Waals surface area contributed by atoms with Crippen molar-refractivity contribution in [2.45, 2.75) is 12.3 Å². The van der Waals surface area contributed by atoms with Crippen molar-refractivity contribution < 1.29 is 4.79 Å². The number of anilines is 1. The zero-order valence-electron chi connectivity index (χ0n) is 8.93. The predicted octanol–water partition coefficient (Wildman–Crippen LogP) is 0.0720. The van der Waals surface area contributed by atoms with Gasteiger partial charge >= 0.3 is 0 Å². The fourth-order valence-corrected chi connectivity index (χ4v) is 2.66. The molecule has 8 heteroatoms. The van der Waals surface area contributed by atoms with Crippen LogP contribution in [-0.4, -0.2) is 37.0 Å². The molecule has 0 radical (unpaired) electrons. The number of nitrogens with zero attached hydrogens (tertiary/aromatic N) is 3. The lowest BCUT2D eigenvalue weighted by atomic mass is 10.5. The summed E-state index contributed by atoms with van der Waals surface area (Å²) in [4.78, 5) is 38.3. The number of hydrogen-bond donors (Lipinski definition) is 2. The first-order valence-corrected chi connectivity index (χ1v) is 6.09. The molecule has 1 atom stereocenters. The van der Waals surface area contributed by atoms with Crippen molar-refractivity contribution >= 4 is 34.8 Å². The molecule has 1 fully saturated rings. The molecule has 7 nitrogen and oxygen atoms in total. The van der Waals surface area contributed by atoms with Gasteiger partial charge in [-0.25, -0.2) is 4.98 Å². The molecular formula is C9H9N5O2S. The third-order valence-electron chi connectivity index (χ3n) is 2.59. The second-order valence-electron chi connectivity index (χ2n) is 3.66. The number of imidazole rings is 1. The van der Waals surface area contributed by atoms with Crippen LogP contribution >= 0.6 is 11.8 Å². The number of carbonyl (C=O) groups excluding carboxylic acids is 1. The van der Waals surface area contributed by atoms with E-state index in [-0.39, 0.29) is 22.8 Å². The Morgan fingerprint density at radius 1 is 1.53 bits per heavy atom. The first kappa shape index (κ1) is 10.3. The van der Waals surface area contributed by atoms with Crippen LogP contribution in [0.5, 0.6) is 0 Å². The average Bonchev–Trinajstić information content (AvgIpc) is 2.86. The van der Waals surface area contributed by atoms with Crippen molar-refractivity contribution in [1.82, 2.24) is 19.9 Å². The quantitative estimate of drug-likeness (QED) is 0.748. The highest BCUT2D eigenvalue weighted by atomic mass is 32.2. The topological polar surface area (TPSA) is 94.7 Å². The minimum Gasteiger partial charge on any atom is -0.339 e. The van der Waals surface area contributed by atoms with Gasteiger partial charge in [-0.15, -0.1) is 11.8 Å². The molecule has 0 aliphatic carbocycles. The van der Waals surface area contributed by atoms with Gasteiger partial charge in [0.15, 0.2) is 11.2 Å². The van der Waals surface area contributed by atoms with E-state index < -0.39 is 0 Å². The zero-order chi connectivity index (χ0) is 12.0. The molecule has 1 unspecified atom stereocenters. The van der Waals surface area contributed by atoms with Gasteiger partial charge in [-0.2, -0.15) is 4.98 Å². The Morgan fingerprint density at radius 2 is 2.35 bits per heavy atom. The first-order valence-electron chi connectivity index (χ1n) is 5.04. The number of carbonyl (C=O) groups is 1. The van der Waals surface area contributed by atoms with Crippen LogP contribution in [-0.2, 0) is 4.79 Å². The molecule has 3 heterocycles. The number of thioether (sulfide) groups is 1. The van der Waals surface area contributed by atoms with Crippen LogP contribution in [0.1, 0.15) is 6.92 Å². The summed E-state index contributed by atoms with van der Waals surface area (Å²) in [5, 5.41) is -0.0259. The Kier molecular flexibility index (Phi) is 2.18. The van der Waals surface area contributed by atoms with Gasteiger partial charge in [-0.3, -0.25) is 19.5 Å². The van der Waals surface area contributed by atoms with Crippen LogP contribution < -0.4 is 10.5 Å². The van der Waals surface area contributed by atoms with Crippen molar-refractivity contribution in [1.29, 1.82) is 0 Å². The van der Waals surface area contributed by atoms with E-state index in [4.69, 9.17) is 0 Å². The number of aromatic amines is 2. The van der Waals surface area contributed by atoms with Crippen LogP contribution in [0.15, 0.2) is 11.1 Å². The van der Waals surface area contributed by atoms with Crippen molar-refractivity contribution in [3.8, 4) is 0 Å². The summed E-state index contributed by atoms with van der Waals surface area (Å²) in [7, 11) is 0. The summed E-state index contributed by atoms with van der Waals surface area (Å²) in [5.74, 6) is 0.612. The van der Waals surface area contributed by atoms with Gasteiger partial charge in [-0.1, -0.05) is 0 Å². The molecule has 2 aromatic rings. The Bertz CT molecular complexity index is 648. The molecule has 88 valence electrons. The Labute approximate surface area is 99.6 Å². The zero-order valence-corrected chi connectivity index (χ0v) is 9.74. The second-order valence-corrected chi connectivity index (χ2v) is 4.97. The summed E-state index contributed by atoms with van der Waals surface area (Å²) in [6.45, 7) is 1.89. The van der Waals surface area contributed by atoms with Crippen LogP contribution in [0.25, 0.3) is 11.2 Å². The van der Waals surface area contributed by atoms with Gasteiger partial charge in [-0.05, 0) is 6.92 Å². The molecular weight excluding hydrogens is 242 g/mol. The fraction of sp³-hybridized carbons (Fsp3) is 0.333. The predicted molar refractivity (Wildman–Crippen MR) is 63.9 cm³/mol. The molecule has 17 heavy (non-hydrogen) atoms. The van der Waals surface area contributed by atoms with E-state index in [0.29, 0.717) is 16.9 Å². The van der Waals surface area contributed by atoms with E-state index in [1.54, 1.807) is 0 Å². The highest BCUT2D eigenvalue weighted by molar-refractivity contribution is 8.01. The van der Waals surface area contributed by atoms with Gasteiger partial charge in [0.1, 0.15) is 0 Å². The van der Waals surface area contributed by atoms with E-state index in [9.17, 15) is 9.59 Å². The molecule has 2 N–H and O–H groups in total. The minimum atomic E-state index is -0.320. The van der Waals surface area contributed by atoms with E-state index in [1.807, 2.05) is 6.92 Å². The SMILES string of the molecule is CC1SCC(=O)N1c1nc2nc[nH]c2c(=O)[nH]1. The van der Waals surface area contributed by atoms with Crippen LogP contribution in [0.2, 0.25) is 0 Å². The van der Waals surface area contributed by atoms with Gasteiger partial charge in [0.2, 0.25) is 11.9 Å². The number of rotatable bonds is 1. The molecule has 0 spiro atoms. The maximum atomic E-state index is 11.7. The number of amides is 1. The number of nitrogens with one attached hydrogen (secondary N) is 2. The van der Waals surface area contributed by atoms with E-state index in [1.165, 1.54) is 23.0 Å². The van der Waals surface area contributed by atoms with E-state index in [2.05, 4.69) is 19.9 Å². The molecule has 1 saturated heterocycles. The van der Waals surface area contributed by atoms with Crippen LogP contribution in [0, 0.1) is 0 Å². The third kappa shape index (κ3) is 1.52. The minimum absolute atomic E-state index is 0.0259. The van der Waals surface area contributed by atoms with Gasteiger partial charge in [0.25, 0.3) is 5.56 Å². The molecule has 1 amide bonds. The Morgan fingerprint density at radius 3 is 3.06 bits per heavy atom. The Balaban J connectivity index is 2.17. The van der Waals surface area contributed by atoms with Crippen molar-refractivity contribution in [2.75, 3.05) is 10.7 Å². The normalized spacial score (nSPS) is 20.4. The van der Waals surface area contributed by atoms with Crippen LogP contribution in [0.4, 0.5) is 5.95 Å². The van der Waals surface area contributed by atoms with E-state index >= 15 is 0 Å². The third-order valence-corrected chi connectivity index (χ3v) is 3.70. The van der Waals surface area contributed by atoms with Gasteiger partial charge in [0.05, 0.1) is 17.5 Å². The summed E-state index contributed by atoms with van der Waals surface area (Å²) in [6, 6.07) is 0.